The molecule has 1 fully saturated rings. The lowest BCUT2D eigenvalue weighted by molar-refractivity contribution is -0.146. The Morgan fingerprint density at radius 3 is 2.77 bits per heavy atom. The molecule has 1 aliphatic heterocycles. The largest absolute Gasteiger partial charge is 0.487 e. The molecule has 1 saturated carbocycles. The van der Waals surface area contributed by atoms with E-state index in [0.29, 0.717) is 33.3 Å². The predicted molar refractivity (Wildman–Crippen MR) is 102 cm³/mol. The summed E-state index contributed by atoms with van der Waals surface area (Å²) in [6.07, 6.45) is 3.14. The monoisotopic (exact) mass is 446 g/mol. The Bertz CT molecular complexity index is 691. The van der Waals surface area contributed by atoms with Crippen LogP contribution in [0.2, 0.25) is 0 Å². The highest BCUT2D eigenvalue weighted by molar-refractivity contribution is 9.11. The van der Waals surface area contributed by atoms with Crippen LogP contribution in [0.3, 0.4) is 0 Å². The van der Waals surface area contributed by atoms with Gasteiger partial charge in [-0.2, -0.15) is 0 Å². The molecule has 0 saturated heterocycles. The molecule has 0 spiro atoms. The molecular weight excluding hydrogens is 424 g/mol. The molecule has 9 heteroatoms. The number of anilines is 1. The van der Waals surface area contributed by atoms with Gasteiger partial charge in [-0.25, -0.2) is 9.59 Å². The molecule has 0 aromatic carbocycles. The zero-order valence-electron chi connectivity index (χ0n) is 14.8. The maximum atomic E-state index is 12.8. The smallest absolute Gasteiger partial charge is 0.350 e. The zero-order valence-corrected chi connectivity index (χ0v) is 17.2. The van der Waals surface area contributed by atoms with E-state index in [1.54, 1.807) is 6.92 Å². The first-order chi connectivity index (χ1) is 12.5. The number of fused-ring (bicyclic) bond motifs is 1. The fourth-order valence-corrected chi connectivity index (χ4v) is 5.12. The number of nitrogens with zero attached hydrogens (tertiary/aromatic N) is 1. The summed E-state index contributed by atoms with van der Waals surface area (Å²) in [6, 6.07) is -1.02. The van der Waals surface area contributed by atoms with E-state index >= 15 is 0 Å². The molecule has 2 atom stereocenters. The van der Waals surface area contributed by atoms with Crippen LogP contribution in [0.5, 0.6) is 5.75 Å². The van der Waals surface area contributed by atoms with Crippen LogP contribution in [0, 0.1) is 5.92 Å². The predicted octanol–water partition coefficient (Wildman–Crippen LogP) is 2.56. The third-order valence-electron chi connectivity index (χ3n) is 4.96. The van der Waals surface area contributed by atoms with Crippen molar-refractivity contribution >= 4 is 44.9 Å². The van der Waals surface area contributed by atoms with Gasteiger partial charge in [-0.3, -0.25) is 0 Å². The van der Waals surface area contributed by atoms with Crippen molar-refractivity contribution in [3.8, 4) is 5.75 Å². The zero-order chi connectivity index (χ0) is 18.8. The van der Waals surface area contributed by atoms with E-state index in [9.17, 15) is 9.59 Å². The van der Waals surface area contributed by atoms with Gasteiger partial charge in [0.25, 0.3) is 0 Å². The summed E-state index contributed by atoms with van der Waals surface area (Å²) in [5.41, 5.74) is 7.06. The van der Waals surface area contributed by atoms with Gasteiger partial charge in [0.1, 0.15) is 27.0 Å². The van der Waals surface area contributed by atoms with Gasteiger partial charge in [0, 0.05) is 6.04 Å². The molecule has 0 radical (unpaired) electrons. The van der Waals surface area contributed by atoms with Gasteiger partial charge < -0.3 is 24.8 Å². The molecule has 7 nitrogen and oxygen atoms in total. The van der Waals surface area contributed by atoms with Gasteiger partial charge in [0.2, 0.25) is 0 Å². The van der Waals surface area contributed by atoms with Crippen LogP contribution in [-0.4, -0.2) is 50.9 Å². The van der Waals surface area contributed by atoms with Crippen molar-refractivity contribution in [2.75, 3.05) is 31.8 Å². The Kier molecular flexibility index (Phi) is 6.09. The van der Waals surface area contributed by atoms with Crippen molar-refractivity contribution in [3.63, 3.8) is 0 Å². The summed E-state index contributed by atoms with van der Waals surface area (Å²) in [7, 11) is 1.33. The third kappa shape index (κ3) is 3.44. The van der Waals surface area contributed by atoms with E-state index in [2.05, 4.69) is 15.9 Å². The second-order valence-electron chi connectivity index (χ2n) is 6.38. The molecule has 144 valence electrons. The number of hydrogen-bond acceptors (Lipinski definition) is 8. The molecule has 2 N–H and O–H groups in total. The number of rotatable bonds is 6. The molecular formula is C17H23BrN2O5S. The summed E-state index contributed by atoms with van der Waals surface area (Å²) in [5, 5.41) is 0. The first-order valence-corrected chi connectivity index (χ1v) is 10.3. The van der Waals surface area contributed by atoms with E-state index in [1.165, 1.54) is 18.4 Å². The third-order valence-corrected chi connectivity index (χ3v) is 6.73. The molecule has 1 aromatic heterocycles. The van der Waals surface area contributed by atoms with E-state index in [-0.39, 0.29) is 24.5 Å². The fourth-order valence-electron chi connectivity index (χ4n) is 3.44. The number of nitrogens with two attached hydrogens (primary N) is 1. The lowest BCUT2D eigenvalue weighted by Crippen LogP contribution is -2.59. The standard InChI is InChI=1S/C17H23BrN2O5S/c1-3-24-16(21)11(10(19)9-5-4-6-9)20-7-8-25-13-12(20)14(17(22)23-2)26-15(13)18/h9-11H,3-8,19H2,1-2H3/t10-,11+/m0/s1. The molecule has 1 aliphatic carbocycles. The van der Waals surface area contributed by atoms with Gasteiger partial charge in [-0.15, -0.1) is 11.3 Å². The van der Waals surface area contributed by atoms with E-state index in [0.717, 1.165) is 19.3 Å². The molecule has 0 unspecified atom stereocenters. The second kappa shape index (κ2) is 8.14. The van der Waals surface area contributed by atoms with Crippen molar-refractivity contribution in [3.05, 3.63) is 8.66 Å². The van der Waals surface area contributed by atoms with E-state index < -0.39 is 12.0 Å². The number of esters is 2. The van der Waals surface area contributed by atoms with E-state index in [4.69, 9.17) is 19.9 Å². The maximum absolute atomic E-state index is 12.8. The Morgan fingerprint density at radius 2 is 2.19 bits per heavy atom. The van der Waals surface area contributed by atoms with Crippen LogP contribution >= 0.6 is 27.3 Å². The van der Waals surface area contributed by atoms with Crippen molar-refractivity contribution < 1.29 is 23.8 Å². The normalized spacial score (nSPS) is 19.0. The van der Waals surface area contributed by atoms with Crippen LogP contribution < -0.4 is 15.4 Å². The molecule has 0 amide bonds. The Morgan fingerprint density at radius 1 is 1.46 bits per heavy atom. The summed E-state index contributed by atoms with van der Waals surface area (Å²) >= 11 is 4.68. The van der Waals surface area contributed by atoms with Crippen molar-refractivity contribution in [2.24, 2.45) is 11.7 Å². The lowest BCUT2D eigenvalue weighted by atomic mass is 9.77. The summed E-state index contributed by atoms with van der Waals surface area (Å²) in [5.74, 6) is 0.00118. The molecule has 1 aromatic rings. The number of methoxy groups -OCH3 is 1. The summed E-state index contributed by atoms with van der Waals surface area (Å²) in [6.45, 7) is 2.90. The highest BCUT2D eigenvalue weighted by atomic mass is 79.9. The van der Waals surface area contributed by atoms with Gasteiger partial charge in [-0.05, 0) is 41.6 Å². The molecule has 26 heavy (non-hydrogen) atoms. The van der Waals surface area contributed by atoms with E-state index in [1.807, 2.05) is 4.90 Å². The van der Waals surface area contributed by atoms with Crippen LogP contribution in [0.15, 0.2) is 3.79 Å². The highest BCUT2D eigenvalue weighted by Gasteiger charge is 2.43. The molecule has 0 bridgehead atoms. The minimum atomic E-state index is -0.659. The van der Waals surface area contributed by atoms with Crippen LogP contribution in [0.4, 0.5) is 5.69 Å². The number of ether oxygens (including phenoxy) is 3. The number of thiophene rings is 1. The molecule has 2 heterocycles. The highest BCUT2D eigenvalue weighted by Crippen LogP contribution is 2.49. The van der Waals surface area contributed by atoms with Crippen molar-refractivity contribution in [1.82, 2.24) is 0 Å². The summed E-state index contributed by atoms with van der Waals surface area (Å²) < 4.78 is 16.7. The Hall–Kier alpha value is -1.32. The number of carbonyl (C=O) groups excluding carboxylic acids is 2. The fraction of sp³-hybridized carbons (Fsp3) is 0.647. The maximum Gasteiger partial charge on any atom is 0.350 e. The molecule has 3 rings (SSSR count). The average Bonchev–Trinajstić information content (AvgIpc) is 2.91. The topological polar surface area (TPSA) is 91.1 Å². The second-order valence-corrected chi connectivity index (χ2v) is 8.72. The number of hydrogen-bond donors (Lipinski definition) is 1. The lowest BCUT2D eigenvalue weighted by Gasteiger charge is -2.42. The molecule has 2 aliphatic rings. The van der Waals surface area contributed by atoms with Crippen molar-refractivity contribution in [1.29, 1.82) is 0 Å². The first kappa shape index (κ1) is 19.4. The minimum Gasteiger partial charge on any atom is -0.487 e. The van der Waals surface area contributed by atoms with Crippen LogP contribution in [0.1, 0.15) is 35.9 Å². The van der Waals surface area contributed by atoms with Gasteiger partial charge in [0.05, 0.1) is 20.3 Å². The Labute approximate surface area is 164 Å². The Balaban J connectivity index is 2.03. The number of carbonyl (C=O) groups is 2. The van der Waals surface area contributed by atoms with Gasteiger partial charge in [0.15, 0.2) is 5.75 Å². The summed E-state index contributed by atoms with van der Waals surface area (Å²) in [4.78, 5) is 27.3. The van der Waals surface area contributed by atoms with Crippen molar-refractivity contribution in [2.45, 2.75) is 38.3 Å². The van der Waals surface area contributed by atoms with Crippen LogP contribution in [-0.2, 0) is 14.3 Å². The first-order valence-electron chi connectivity index (χ1n) is 8.71. The SMILES string of the molecule is CCOC(=O)[C@@H]([C@@H](N)C1CCC1)N1CCOc2c(Br)sc(C(=O)OC)c21. The van der Waals surface area contributed by atoms with Gasteiger partial charge >= 0.3 is 11.9 Å². The average molecular weight is 447 g/mol. The minimum absolute atomic E-state index is 0.277. The van der Waals surface area contributed by atoms with Crippen LogP contribution in [0.25, 0.3) is 0 Å². The quantitative estimate of drug-likeness (QED) is 0.671. The van der Waals surface area contributed by atoms with Gasteiger partial charge in [-0.1, -0.05) is 6.42 Å². The number of halogens is 1.